The van der Waals surface area contributed by atoms with Crippen molar-refractivity contribution in [2.75, 3.05) is 7.05 Å². The Kier molecular flexibility index (Phi) is 8.27. The van der Waals surface area contributed by atoms with E-state index < -0.39 is 0 Å². The van der Waals surface area contributed by atoms with Crippen LogP contribution in [0.3, 0.4) is 0 Å². The summed E-state index contributed by atoms with van der Waals surface area (Å²) >= 11 is 0. The molecule has 0 aliphatic carbocycles. The second kappa shape index (κ2) is 10.6. The number of phenols is 1. The van der Waals surface area contributed by atoms with Crippen LogP contribution in [-0.2, 0) is 23.7 Å². The molecule has 0 amide bonds. The van der Waals surface area contributed by atoms with Gasteiger partial charge in [-0.15, -0.1) is 0 Å². The lowest BCUT2D eigenvalue weighted by molar-refractivity contribution is 0.320. The lowest BCUT2D eigenvalue weighted by atomic mass is 9.82. The van der Waals surface area contributed by atoms with Crippen molar-refractivity contribution in [1.29, 1.82) is 0 Å². The molecule has 3 heteroatoms. The minimum Gasteiger partial charge on any atom is -0.507 e. The van der Waals surface area contributed by atoms with Gasteiger partial charge in [-0.2, -0.15) is 0 Å². The first-order valence-corrected chi connectivity index (χ1v) is 13.4. The molecule has 3 rings (SSSR count). The number of aryl methyl sites for hydroxylation is 2. The number of nitrogens with zero attached hydrogens (tertiary/aromatic N) is 1. The Labute approximate surface area is 209 Å². The van der Waals surface area contributed by atoms with E-state index in [9.17, 15) is 5.11 Å². The van der Waals surface area contributed by atoms with E-state index in [0.717, 1.165) is 30.6 Å². The Morgan fingerprint density at radius 2 is 1.50 bits per heavy atom. The molecule has 2 nitrogen and oxygen atoms in total. The molecule has 0 saturated heterocycles. The maximum atomic E-state index is 11.4. The van der Waals surface area contributed by atoms with Crippen molar-refractivity contribution in [2.24, 2.45) is 0 Å². The molecule has 0 bridgehead atoms. The number of benzene rings is 3. The van der Waals surface area contributed by atoms with Crippen molar-refractivity contribution in [3.05, 3.63) is 94.0 Å². The molecule has 0 saturated carbocycles. The van der Waals surface area contributed by atoms with Gasteiger partial charge in [0.2, 0.25) is 0 Å². The van der Waals surface area contributed by atoms with Crippen LogP contribution in [0.25, 0.3) is 0 Å². The standard InChI is InChI=1S/C31H42NOP/c1-9-31(7,27-19-22(2)18-26(28(27)33)30(4,5)6)34-29-23(3)14-13-17-25(29)21-32(8)20-24-15-11-10-12-16-24/h10-19,33-34H,9,20-21H2,1-8H3. The second-order valence-corrected chi connectivity index (χ2v) is 12.9. The van der Waals surface area contributed by atoms with Gasteiger partial charge < -0.3 is 5.11 Å². The predicted octanol–water partition coefficient (Wildman–Crippen LogP) is 7.57. The van der Waals surface area contributed by atoms with Crippen molar-refractivity contribution >= 4 is 13.9 Å². The molecular weight excluding hydrogens is 433 g/mol. The van der Waals surface area contributed by atoms with E-state index >= 15 is 0 Å². The molecule has 3 aromatic rings. The third-order valence-corrected chi connectivity index (χ3v) is 9.00. The Morgan fingerprint density at radius 3 is 2.12 bits per heavy atom. The summed E-state index contributed by atoms with van der Waals surface area (Å²) in [5.41, 5.74) is 7.31. The minimum absolute atomic E-state index is 0.101. The van der Waals surface area contributed by atoms with E-state index in [0.29, 0.717) is 14.3 Å². The first kappa shape index (κ1) is 26.5. The number of aromatic hydroxyl groups is 1. The largest absolute Gasteiger partial charge is 0.507 e. The number of hydrogen-bond acceptors (Lipinski definition) is 2. The highest BCUT2D eigenvalue weighted by atomic mass is 31.1. The third-order valence-electron chi connectivity index (χ3n) is 6.86. The Bertz CT molecular complexity index is 1120. The van der Waals surface area contributed by atoms with Gasteiger partial charge in [-0.1, -0.05) is 109 Å². The van der Waals surface area contributed by atoms with Crippen LogP contribution in [-0.4, -0.2) is 17.1 Å². The average Bonchev–Trinajstić information content (AvgIpc) is 2.77. The van der Waals surface area contributed by atoms with E-state index in [4.69, 9.17) is 0 Å². The lowest BCUT2D eigenvalue weighted by Crippen LogP contribution is -2.26. The summed E-state index contributed by atoms with van der Waals surface area (Å²) in [6, 6.07) is 21.7. The smallest absolute Gasteiger partial charge is 0.123 e. The van der Waals surface area contributed by atoms with Gasteiger partial charge in [0.1, 0.15) is 5.75 Å². The first-order chi connectivity index (χ1) is 15.9. The van der Waals surface area contributed by atoms with Gasteiger partial charge >= 0.3 is 0 Å². The van der Waals surface area contributed by atoms with Gasteiger partial charge in [-0.3, -0.25) is 4.90 Å². The molecule has 182 valence electrons. The molecule has 0 radical (unpaired) electrons. The molecule has 2 atom stereocenters. The zero-order chi connectivity index (χ0) is 25.1. The van der Waals surface area contributed by atoms with E-state index in [1.165, 1.54) is 27.6 Å². The fourth-order valence-electron chi connectivity index (χ4n) is 4.67. The van der Waals surface area contributed by atoms with Gasteiger partial charge in [-0.05, 0) is 60.3 Å². The minimum atomic E-state index is -0.130. The molecule has 0 aliphatic heterocycles. The quantitative estimate of drug-likeness (QED) is 0.340. The third kappa shape index (κ3) is 6.09. The van der Waals surface area contributed by atoms with Crippen molar-refractivity contribution in [2.45, 2.75) is 78.5 Å². The highest BCUT2D eigenvalue weighted by molar-refractivity contribution is 7.48. The summed E-state index contributed by atoms with van der Waals surface area (Å²) in [6.07, 6.45) is 0.972. The van der Waals surface area contributed by atoms with E-state index in [-0.39, 0.29) is 10.6 Å². The van der Waals surface area contributed by atoms with Gasteiger partial charge in [0, 0.05) is 23.8 Å². The number of hydrogen-bond donors (Lipinski definition) is 1. The summed E-state index contributed by atoms with van der Waals surface area (Å²) in [7, 11) is 2.77. The Morgan fingerprint density at radius 1 is 0.853 bits per heavy atom. The molecule has 3 aromatic carbocycles. The van der Waals surface area contributed by atoms with Crippen molar-refractivity contribution in [3.8, 4) is 5.75 Å². The average molecular weight is 476 g/mol. The molecule has 34 heavy (non-hydrogen) atoms. The van der Waals surface area contributed by atoms with Crippen LogP contribution in [0.2, 0.25) is 0 Å². The molecule has 0 aliphatic rings. The molecule has 2 unspecified atom stereocenters. The molecule has 1 N–H and O–H groups in total. The Hall–Kier alpha value is -2.15. The topological polar surface area (TPSA) is 23.5 Å². The summed E-state index contributed by atoms with van der Waals surface area (Å²) in [5.74, 6) is 0.478. The monoisotopic (exact) mass is 475 g/mol. The predicted molar refractivity (Wildman–Crippen MR) is 150 cm³/mol. The highest BCUT2D eigenvalue weighted by Gasteiger charge is 2.32. The van der Waals surface area contributed by atoms with Crippen LogP contribution >= 0.6 is 8.58 Å². The zero-order valence-electron chi connectivity index (χ0n) is 22.3. The summed E-state index contributed by atoms with van der Waals surface area (Å²) < 4.78 is 0. The van der Waals surface area contributed by atoms with Crippen molar-refractivity contribution in [1.82, 2.24) is 4.90 Å². The van der Waals surface area contributed by atoms with Crippen LogP contribution < -0.4 is 5.30 Å². The van der Waals surface area contributed by atoms with Crippen LogP contribution in [0, 0.1) is 13.8 Å². The highest BCUT2D eigenvalue weighted by Crippen LogP contribution is 2.50. The molecule has 0 fully saturated rings. The second-order valence-electron chi connectivity index (χ2n) is 11.0. The zero-order valence-corrected chi connectivity index (χ0v) is 23.3. The van der Waals surface area contributed by atoms with Gasteiger partial charge in [0.15, 0.2) is 0 Å². The van der Waals surface area contributed by atoms with E-state index in [2.05, 4.69) is 121 Å². The van der Waals surface area contributed by atoms with Crippen LogP contribution in [0.4, 0.5) is 0 Å². The fourth-order valence-corrected chi connectivity index (χ4v) is 6.33. The molecular formula is C31H42NOP. The van der Waals surface area contributed by atoms with Gasteiger partial charge in [-0.25, -0.2) is 0 Å². The van der Waals surface area contributed by atoms with Gasteiger partial charge in [0.05, 0.1) is 0 Å². The molecule has 0 spiro atoms. The molecule has 0 aromatic heterocycles. The summed E-state index contributed by atoms with van der Waals surface area (Å²) in [4.78, 5) is 2.39. The van der Waals surface area contributed by atoms with Gasteiger partial charge in [0.25, 0.3) is 0 Å². The van der Waals surface area contributed by atoms with E-state index in [1.807, 2.05) is 0 Å². The summed E-state index contributed by atoms with van der Waals surface area (Å²) in [6.45, 7) is 17.3. The van der Waals surface area contributed by atoms with Crippen LogP contribution in [0.5, 0.6) is 5.75 Å². The SMILES string of the molecule is CCC(C)(Pc1c(C)cccc1CN(C)Cc1ccccc1)c1cc(C)cc(C(C)(C)C)c1O. The normalized spacial score (nSPS) is 14.1. The van der Waals surface area contributed by atoms with E-state index in [1.54, 1.807) is 0 Å². The maximum Gasteiger partial charge on any atom is 0.123 e. The first-order valence-electron chi connectivity index (χ1n) is 12.4. The number of phenolic OH excluding ortho intramolecular Hbond substituents is 1. The molecule has 0 heterocycles. The maximum absolute atomic E-state index is 11.4. The van der Waals surface area contributed by atoms with Crippen LogP contribution in [0.1, 0.15) is 74.4 Å². The fraction of sp³-hybridized carbons (Fsp3) is 0.419. The summed E-state index contributed by atoms with van der Waals surface area (Å²) in [5, 5.41) is 12.7. The lowest BCUT2D eigenvalue weighted by Gasteiger charge is -2.34. The number of rotatable bonds is 8. The van der Waals surface area contributed by atoms with Crippen molar-refractivity contribution in [3.63, 3.8) is 0 Å². The van der Waals surface area contributed by atoms with Crippen molar-refractivity contribution < 1.29 is 5.11 Å². The Balaban J connectivity index is 1.97. The van der Waals surface area contributed by atoms with Crippen LogP contribution in [0.15, 0.2) is 60.7 Å².